The van der Waals surface area contributed by atoms with Gasteiger partial charge in [-0.25, -0.2) is 0 Å². The van der Waals surface area contributed by atoms with E-state index < -0.39 is 17.6 Å². The summed E-state index contributed by atoms with van der Waals surface area (Å²) in [5.41, 5.74) is 6.24. The van der Waals surface area contributed by atoms with Gasteiger partial charge >= 0.3 is 5.91 Å². The molecule has 126 valence electrons. The van der Waals surface area contributed by atoms with Gasteiger partial charge in [0.25, 0.3) is 11.7 Å². The summed E-state index contributed by atoms with van der Waals surface area (Å²) in [6.45, 7) is 1.71. The van der Waals surface area contributed by atoms with Crippen LogP contribution in [0, 0.1) is 6.92 Å². The van der Waals surface area contributed by atoms with Crippen LogP contribution in [0.25, 0.3) is 10.9 Å². The number of carbonyl (C=O) groups excluding carboxylic acids is 3. The maximum atomic E-state index is 12.4. The molecule has 0 atom stereocenters. The lowest BCUT2D eigenvalue weighted by atomic mass is 10.1. The lowest BCUT2D eigenvalue weighted by Gasteiger charge is -2.07. The number of amides is 2. The molecule has 0 bridgehead atoms. The van der Waals surface area contributed by atoms with Gasteiger partial charge in [0.1, 0.15) is 0 Å². The van der Waals surface area contributed by atoms with Crippen molar-refractivity contribution >= 4 is 40.1 Å². The van der Waals surface area contributed by atoms with Gasteiger partial charge in [0.2, 0.25) is 0 Å². The molecule has 3 rings (SSSR count). The molecule has 0 spiro atoms. The van der Waals surface area contributed by atoms with Gasteiger partial charge in [-0.3, -0.25) is 25.2 Å². The highest BCUT2D eigenvalue weighted by Gasteiger charge is 2.23. The van der Waals surface area contributed by atoms with E-state index in [4.69, 9.17) is 11.6 Å². The molecule has 0 aliphatic rings. The molecule has 3 N–H and O–H groups in total. The molecule has 0 radical (unpaired) electrons. The molecular formula is C18H14ClN3O3. The topological polar surface area (TPSA) is 91.1 Å². The van der Waals surface area contributed by atoms with Crippen LogP contribution in [0.3, 0.4) is 0 Å². The summed E-state index contributed by atoms with van der Waals surface area (Å²) < 4.78 is 0. The summed E-state index contributed by atoms with van der Waals surface area (Å²) in [5, 5.41) is 1.05. The quantitative estimate of drug-likeness (QED) is 0.383. The first-order valence-corrected chi connectivity index (χ1v) is 7.83. The van der Waals surface area contributed by atoms with E-state index in [2.05, 4.69) is 15.8 Å². The number of halogens is 1. The van der Waals surface area contributed by atoms with Gasteiger partial charge in [-0.2, -0.15) is 0 Å². The van der Waals surface area contributed by atoms with E-state index in [1.807, 2.05) is 12.1 Å². The molecule has 0 unspecified atom stereocenters. The highest BCUT2D eigenvalue weighted by Crippen LogP contribution is 2.22. The van der Waals surface area contributed by atoms with E-state index in [1.165, 1.54) is 6.07 Å². The smallest absolute Gasteiger partial charge is 0.310 e. The van der Waals surface area contributed by atoms with Crippen molar-refractivity contribution in [3.63, 3.8) is 0 Å². The van der Waals surface area contributed by atoms with Crippen LogP contribution in [0.1, 0.15) is 26.4 Å². The minimum absolute atomic E-state index is 0.267. The van der Waals surface area contributed by atoms with E-state index in [0.29, 0.717) is 16.1 Å². The highest BCUT2D eigenvalue weighted by atomic mass is 35.5. The minimum atomic E-state index is -0.928. The maximum Gasteiger partial charge on any atom is 0.310 e. The predicted molar refractivity (Wildman–Crippen MR) is 94.4 cm³/mol. The first-order chi connectivity index (χ1) is 12.0. The molecule has 6 nitrogen and oxygen atoms in total. The molecule has 1 heterocycles. The van der Waals surface area contributed by atoms with E-state index >= 15 is 0 Å². The normalized spacial score (nSPS) is 10.5. The monoisotopic (exact) mass is 355 g/mol. The standard InChI is InChI=1S/C18H14ClN3O3/c1-10-15(13-7-2-3-8-14(13)20-10)16(23)18(25)22-21-17(24)11-5-4-6-12(19)9-11/h2-9,20H,1H3,(H,21,24)(H,22,25). The van der Waals surface area contributed by atoms with Gasteiger partial charge in [-0.1, -0.05) is 35.9 Å². The Labute approximate surface area is 148 Å². The number of ketones is 1. The second kappa shape index (κ2) is 6.78. The number of benzene rings is 2. The third-order valence-electron chi connectivity index (χ3n) is 3.70. The zero-order valence-electron chi connectivity index (χ0n) is 13.2. The average molecular weight is 356 g/mol. The molecule has 1 aromatic heterocycles. The Kier molecular flexibility index (Phi) is 4.54. The summed E-state index contributed by atoms with van der Waals surface area (Å²) in [6.07, 6.45) is 0. The first-order valence-electron chi connectivity index (χ1n) is 7.45. The minimum Gasteiger partial charge on any atom is -0.358 e. The summed E-state index contributed by atoms with van der Waals surface area (Å²) in [5.74, 6) is -2.23. The van der Waals surface area contributed by atoms with E-state index in [1.54, 1.807) is 37.3 Å². The Hall–Kier alpha value is -3.12. The zero-order valence-corrected chi connectivity index (χ0v) is 14.0. The molecule has 25 heavy (non-hydrogen) atoms. The molecule has 0 aliphatic heterocycles. The van der Waals surface area contributed by atoms with Crippen LogP contribution in [-0.2, 0) is 4.79 Å². The van der Waals surface area contributed by atoms with Crippen LogP contribution in [0.5, 0.6) is 0 Å². The summed E-state index contributed by atoms with van der Waals surface area (Å²) in [7, 11) is 0. The number of Topliss-reactive ketones (excluding diaryl/α,β-unsaturated/α-hetero) is 1. The number of carbonyl (C=O) groups is 3. The zero-order chi connectivity index (χ0) is 18.0. The Balaban J connectivity index is 1.74. The van der Waals surface area contributed by atoms with Crippen molar-refractivity contribution in [1.82, 2.24) is 15.8 Å². The number of aromatic amines is 1. The molecule has 2 aromatic carbocycles. The fourth-order valence-electron chi connectivity index (χ4n) is 2.55. The van der Waals surface area contributed by atoms with E-state index in [-0.39, 0.29) is 11.1 Å². The number of hydrogen-bond acceptors (Lipinski definition) is 3. The number of H-pyrrole nitrogens is 1. The molecule has 0 saturated carbocycles. The number of hydrazine groups is 1. The Morgan fingerprint density at radius 2 is 1.76 bits per heavy atom. The number of fused-ring (bicyclic) bond motifs is 1. The van der Waals surface area contributed by atoms with Crippen molar-refractivity contribution in [1.29, 1.82) is 0 Å². The third kappa shape index (κ3) is 3.39. The van der Waals surface area contributed by atoms with Crippen LogP contribution in [0.2, 0.25) is 5.02 Å². The van der Waals surface area contributed by atoms with E-state index in [9.17, 15) is 14.4 Å². The fraction of sp³-hybridized carbons (Fsp3) is 0.0556. The van der Waals surface area contributed by atoms with Crippen LogP contribution in [0.15, 0.2) is 48.5 Å². The lowest BCUT2D eigenvalue weighted by Crippen LogP contribution is -2.45. The van der Waals surface area contributed by atoms with Crippen LogP contribution >= 0.6 is 11.6 Å². The van der Waals surface area contributed by atoms with Crippen molar-refractivity contribution in [3.05, 3.63) is 70.4 Å². The molecule has 2 amide bonds. The molecule has 3 aromatic rings. The molecule has 0 aliphatic carbocycles. The second-order valence-corrected chi connectivity index (χ2v) is 5.85. The van der Waals surface area contributed by atoms with Gasteiger partial charge in [0.05, 0.1) is 5.56 Å². The van der Waals surface area contributed by atoms with Crippen LogP contribution < -0.4 is 10.9 Å². The number of aryl methyl sites for hydroxylation is 1. The largest absolute Gasteiger partial charge is 0.358 e. The number of nitrogens with one attached hydrogen (secondary N) is 3. The van der Waals surface area contributed by atoms with Gasteiger partial charge < -0.3 is 4.98 Å². The van der Waals surface area contributed by atoms with Gasteiger partial charge in [0.15, 0.2) is 0 Å². The van der Waals surface area contributed by atoms with Crippen LogP contribution in [-0.4, -0.2) is 22.6 Å². The van der Waals surface area contributed by atoms with Crippen molar-refractivity contribution in [2.24, 2.45) is 0 Å². The van der Waals surface area contributed by atoms with Gasteiger partial charge in [-0.05, 0) is 31.2 Å². The number of para-hydroxylation sites is 1. The SMILES string of the molecule is Cc1[nH]c2ccccc2c1C(=O)C(=O)NNC(=O)c1cccc(Cl)c1. The Bertz CT molecular complexity index is 994. The van der Waals surface area contributed by atoms with Crippen molar-refractivity contribution in [3.8, 4) is 0 Å². The summed E-state index contributed by atoms with van der Waals surface area (Å²) >= 11 is 5.82. The Morgan fingerprint density at radius 1 is 1.00 bits per heavy atom. The second-order valence-electron chi connectivity index (χ2n) is 5.42. The van der Waals surface area contributed by atoms with Crippen molar-refractivity contribution in [2.45, 2.75) is 6.92 Å². The number of aromatic nitrogens is 1. The summed E-state index contributed by atoms with van der Waals surface area (Å²) in [4.78, 5) is 39.6. The first kappa shape index (κ1) is 16.7. The maximum absolute atomic E-state index is 12.4. The van der Waals surface area contributed by atoms with E-state index in [0.717, 1.165) is 5.52 Å². The summed E-state index contributed by atoms with van der Waals surface area (Å²) in [6, 6.07) is 13.4. The van der Waals surface area contributed by atoms with Crippen molar-refractivity contribution in [2.75, 3.05) is 0 Å². The molecule has 0 saturated heterocycles. The van der Waals surface area contributed by atoms with Gasteiger partial charge in [0, 0.05) is 27.2 Å². The average Bonchev–Trinajstić information content (AvgIpc) is 2.94. The number of hydrogen-bond donors (Lipinski definition) is 3. The van der Waals surface area contributed by atoms with Gasteiger partial charge in [-0.15, -0.1) is 0 Å². The third-order valence-corrected chi connectivity index (χ3v) is 3.94. The number of rotatable bonds is 3. The highest BCUT2D eigenvalue weighted by molar-refractivity contribution is 6.45. The lowest BCUT2D eigenvalue weighted by molar-refractivity contribution is -0.117. The molecular weight excluding hydrogens is 342 g/mol. The molecule has 7 heteroatoms. The van der Waals surface area contributed by atoms with Crippen molar-refractivity contribution < 1.29 is 14.4 Å². The fourth-order valence-corrected chi connectivity index (χ4v) is 2.75. The Morgan fingerprint density at radius 3 is 2.52 bits per heavy atom. The molecule has 0 fully saturated rings. The predicted octanol–water partition coefficient (Wildman–Crippen LogP) is 2.77. The van der Waals surface area contributed by atoms with Crippen LogP contribution in [0.4, 0.5) is 0 Å².